The summed E-state index contributed by atoms with van der Waals surface area (Å²) in [5, 5.41) is 2.14. The minimum Gasteiger partial charge on any atom is -0.329 e. The van der Waals surface area contributed by atoms with Crippen molar-refractivity contribution >= 4 is 27.3 Å². The van der Waals surface area contributed by atoms with E-state index in [1.54, 1.807) is 11.3 Å². The summed E-state index contributed by atoms with van der Waals surface area (Å²) < 4.78 is 1.16. The summed E-state index contributed by atoms with van der Waals surface area (Å²) in [5.74, 6) is 1.34. The molecule has 1 rings (SSSR count). The van der Waals surface area contributed by atoms with Gasteiger partial charge in [0.1, 0.15) is 0 Å². The molecule has 2 N–H and O–H groups in total. The van der Waals surface area contributed by atoms with Crippen LogP contribution in [0, 0.1) is 11.8 Å². The van der Waals surface area contributed by atoms with Gasteiger partial charge in [-0.3, -0.25) is 4.90 Å². The highest BCUT2D eigenvalue weighted by Crippen LogP contribution is 2.30. The topological polar surface area (TPSA) is 29.3 Å². The molecule has 0 aliphatic carbocycles. The van der Waals surface area contributed by atoms with E-state index in [4.69, 9.17) is 5.73 Å². The molecule has 1 unspecified atom stereocenters. The molecule has 0 fully saturated rings. The Morgan fingerprint density at radius 3 is 2.11 bits per heavy atom. The lowest BCUT2D eigenvalue weighted by Gasteiger charge is -2.33. The molecule has 1 heterocycles. The van der Waals surface area contributed by atoms with Crippen LogP contribution in [0.1, 0.15) is 38.6 Å². The van der Waals surface area contributed by atoms with Crippen LogP contribution >= 0.6 is 27.3 Å². The maximum absolute atomic E-state index is 6.02. The van der Waals surface area contributed by atoms with Gasteiger partial charge in [0.05, 0.1) is 6.04 Å². The molecule has 0 aliphatic rings. The van der Waals surface area contributed by atoms with Gasteiger partial charge < -0.3 is 5.73 Å². The van der Waals surface area contributed by atoms with Gasteiger partial charge in [0, 0.05) is 34.4 Å². The summed E-state index contributed by atoms with van der Waals surface area (Å²) in [6.45, 7) is 12.0. The van der Waals surface area contributed by atoms with Crippen molar-refractivity contribution in [3.8, 4) is 0 Å². The van der Waals surface area contributed by atoms with Crippen LogP contribution in [0.4, 0.5) is 0 Å². The first kappa shape index (κ1) is 16.2. The van der Waals surface area contributed by atoms with Gasteiger partial charge in [-0.05, 0) is 33.8 Å². The van der Waals surface area contributed by atoms with E-state index in [2.05, 4.69) is 60.0 Å². The summed E-state index contributed by atoms with van der Waals surface area (Å²) in [4.78, 5) is 3.90. The zero-order chi connectivity index (χ0) is 13.7. The van der Waals surface area contributed by atoms with E-state index in [0.717, 1.165) is 17.6 Å². The Bertz CT molecular complexity index is 339. The fraction of sp³-hybridized carbons (Fsp3) is 0.714. The molecule has 104 valence electrons. The van der Waals surface area contributed by atoms with E-state index in [9.17, 15) is 0 Å². The van der Waals surface area contributed by atoms with Crippen molar-refractivity contribution in [1.29, 1.82) is 0 Å². The molecule has 1 aromatic rings. The highest BCUT2D eigenvalue weighted by atomic mass is 79.9. The number of nitrogens with two attached hydrogens (primary N) is 1. The molecule has 0 saturated heterocycles. The SMILES string of the molecule is CC(C)CN(CC(C)C)C(CN)c1cc(Br)cs1. The Labute approximate surface area is 124 Å². The maximum Gasteiger partial charge on any atom is 0.0564 e. The Hall–Kier alpha value is 0.1000. The Balaban J connectivity index is 2.85. The predicted octanol–water partition coefficient (Wildman–Crippen LogP) is 4.12. The van der Waals surface area contributed by atoms with Crippen molar-refractivity contribution < 1.29 is 0 Å². The second-order valence-corrected chi connectivity index (χ2v) is 7.52. The van der Waals surface area contributed by atoms with Gasteiger partial charge >= 0.3 is 0 Å². The normalized spacial score (nSPS) is 13.8. The Kier molecular flexibility index (Phi) is 6.85. The first-order valence-electron chi connectivity index (χ1n) is 6.62. The fourth-order valence-corrected chi connectivity index (χ4v) is 3.81. The molecule has 1 atom stereocenters. The van der Waals surface area contributed by atoms with Gasteiger partial charge in [-0.15, -0.1) is 11.3 Å². The van der Waals surface area contributed by atoms with Gasteiger partial charge in [0.15, 0.2) is 0 Å². The third-order valence-corrected chi connectivity index (χ3v) is 4.57. The molecule has 4 heteroatoms. The lowest BCUT2D eigenvalue weighted by molar-refractivity contribution is 0.162. The standard InChI is InChI=1S/C14H25BrN2S/c1-10(2)7-17(8-11(3)4)13(6-16)14-5-12(15)9-18-14/h5,9-11,13H,6-8,16H2,1-4H3. The van der Waals surface area contributed by atoms with E-state index < -0.39 is 0 Å². The highest BCUT2D eigenvalue weighted by Gasteiger charge is 2.22. The number of thiophene rings is 1. The van der Waals surface area contributed by atoms with Crippen molar-refractivity contribution in [1.82, 2.24) is 4.90 Å². The molecule has 0 aliphatic heterocycles. The Morgan fingerprint density at radius 1 is 1.22 bits per heavy atom. The van der Waals surface area contributed by atoms with Crippen LogP contribution in [-0.4, -0.2) is 24.5 Å². The maximum atomic E-state index is 6.02. The van der Waals surface area contributed by atoms with E-state index in [1.165, 1.54) is 4.88 Å². The minimum absolute atomic E-state index is 0.353. The zero-order valence-corrected chi connectivity index (χ0v) is 14.2. The van der Waals surface area contributed by atoms with E-state index in [-0.39, 0.29) is 0 Å². The lowest BCUT2D eigenvalue weighted by Crippen LogP contribution is -2.38. The van der Waals surface area contributed by atoms with Crippen LogP contribution in [0.15, 0.2) is 15.9 Å². The molecule has 0 bridgehead atoms. The number of hydrogen-bond donors (Lipinski definition) is 1. The first-order chi connectivity index (χ1) is 8.43. The average Bonchev–Trinajstić information content (AvgIpc) is 2.64. The van der Waals surface area contributed by atoms with Crippen LogP contribution in [0.2, 0.25) is 0 Å². The molecular formula is C14H25BrN2S. The van der Waals surface area contributed by atoms with Gasteiger partial charge in [-0.25, -0.2) is 0 Å². The van der Waals surface area contributed by atoms with Gasteiger partial charge in [-0.1, -0.05) is 27.7 Å². The van der Waals surface area contributed by atoms with Crippen molar-refractivity contribution in [2.45, 2.75) is 33.7 Å². The number of nitrogens with zero attached hydrogens (tertiary/aromatic N) is 1. The third-order valence-electron chi connectivity index (χ3n) is 2.78. The molecule has 2 nitrogen and oxygen atoms in total. The monoisotopic (exact) mass is 332 g/mol. The number of rotatable bonds is 7. The number of halogens is 1. The van der Waals surface area contributed by atoms with Crippen LogP contribution in [0.3, 0.4) is 0 Å². The lowest BCUT2D eigenvalue weighted by atomic mass is 10.1. The van der Waals surface area contributed by atoms with Crippen molar-refractivity contribution in [2.75, 3.05) is 19.6 Å². The third kappa shape index (κ3) is 5.00. The zero-order valence-electron chi connectivity index (χ0n) is 11.8. The second kappa shape index (κ2) is 7.63. The second-order valence-electron chi connectivity index (χ2n) is 5.66. The van der Waals surface area contributed by atoms with Gasteiger partial charge in [-0.2, -0.15) is 0 Å². The molecule has 0 aromatic carbocycles. The van der Waals surface area contributed by atoms with Crippen LogP contribution in [0.5, 0.6) is 0 Å². The van der Waals surface area contributed by atoms with Crippen LogP contribution in [0.25, 0.3) is 0 Å². The first-order valence-corrected chi connectivity index (χ1v) is 8.29. The summed E-state index contributed by atoms with van der Waals surface area (Å²) in [5.41, 5.74) is 6.02. The molecule has 0 radical (unpaired) electrons. The minimum atomic E-state index is 0.353. The van der Waals surface area contributed by atoms with Crippen LogP contribution in [-0.2, 0) is 0 Å². The van der Waals surface area contributed by atoms with Crippen molar-refractivity contribution in [2.24, 2.45) is 17.6 Å². The molecular weight excluding hydrogens is 308 g/mol. The van der Waals surface area contributed by atoms with Gasteiger partial charge in [0.25, 0.3) is 0 Å². The van der Waals surface area contributed by atoms with E-state index >= 15 is 0 Å². The molecule has 18 heavy (non-hydrogen) atoms. The molecule has 0 saturated carbocycles. The summed E-state index contributed by atoms with van der Waals surface area (Å²) in [6.07, 6.45) is 0. The fourth-order valence-electron chi connectivity index (χ4n) is 2.22. The summed E-state index contributed by atoms with van der Waals surface area (Å²) in [6, 6.07) is 2.56. The largest absolute Gasteiger partial charge is 0.329 e. The number of hydrogen-bond acceptors (Lipinski definition) is 3. The van der Waals surface area contributed by atoms with E-state index in [1.807, 2.05) is 0 Å². The molecule has 1 aromatic heterocycles. The summed E-state index contributed by atoms with van der Waals surface area (Å²) >= 11 is 5.33. The van der Waals surface area contributed by atoms with E-state index in [0.29, 0.717) is 24.4 Å². The van der Waals surface area contributed by atoms with Gasteiger partial charge in [0.2, 0.25) is 0 Å². The molecule has 0 spiro atoms. The predicted molar refractivity (Wildman–Crippen MR) is 85.1 cm³/mol. The van der Waals surface area contributed by atoms with Crippen molar-refractivity contribution in [3.63, 3.8) is 0 Å². The summed E-state index contributed by atoms with van der Waals surface area (Å²) in [7, 11) is 0. The van der Waals surface area contributed by atoms with Crippen LogP contribution < -0.4 is 5.73 Å². The smallest absolute Gasteiger partial charge is 0.0564 e. The highest BCUT2D eigenvalue weighted by molar-refractivity contribution is 9.10. The average molecular weight is 333 g/mol. The molecule has 0 amide bonds. The Morgan fingerprint density at radius 2 is 1.78 bits per heavy atom. The quantitative estimate of drug-likeness (QED) is 0.813. The van der Waals surface area contributed by atoms with Crippen molar-refractivity contribution in [3.05, 3.63) is 20.8 Å².